The number of fused-ring (bicyclic) bond motifs is 1. The molecule has 0 aliphatic carbocycles. The first kappa shape index (κ1) is 19.1. The molecule has 0 bridgehead atoms. The van der Waals surface area contributed by atoms with Crippen molar-refractivity contribution in [2.24, 2.45) is 0 Å². The molecule has 8 heteroatoms. The second-order valence-corrected chi connectivity index (χ2v) is 7.29. The number of methoxy groups -OCH3 is 1. The van der Waals surface area contributed by atoms with Gasteiger partial charge < -0.3 is 14.6 Å². The molecular formula is C21H19FN4O2S. The fraction of sp³-hybridized carbons (Fsp3) is 0.190. The molecule has 0 saturated carbocycles. The molecule has 4 aromatic rings. The van der Waals surface area contributed by atoms with Crippen molar-refractivity contribution in [1.82, 2.24) is 19.9 Å². The van der Waals surface area contributed by atoms with Crippen molar-refractivity contribution >= 4 is 28.3 Å². The van der Waals surface area contributed by atoms with Crippen molar-refractivity contribution in [3.63, 3.8) is 0 Å². The van der Waals surface area contributed by atoms with Crippen LogP contribution in [0.5, 0.6) is 5.75 Å². The number of ether oxygens (including phenoxy) is 1. The molecule has 0 radical (unpaired) electrons. The SMILES string of the molecule is COc1ccc([C@H](C)NC(=O)Cn2c(-c3cscn3)nc3ccccc32)cc1F. The zero-order chi connectivity index (χ0) is 20.4. The number of carbonyl (C=O) groups is 1. The number of nitrogens with one attached hydrogen (secondary N) is 1. The van der Waals surface area contributed by atoms with E-state index in [-0.39, 0.29) is 24.2 Å². The third-order valence-electron chi connectivity index (χ3n) is 4.67. The van der Waals surface area contributed by atoms with Crippen LogP contribution in [0.3, 0.4) is 0 Å². The second kappa shape index (κ2) is 8.00. The molecule has 0 unspecified atom stereocenters. The number of benzene rings is 2. The summed E-state index contributed by atoms with van der Waals surface area (Å²) in [6.45, 7) is 1.89. The maximum absolute atomic E-state index is 14.0. The fourth-order valence-corrected chi connectivity index (χ4v) is 3.75. The molecular weight excluding hydrogens is 391 g/mol. The van der Waals surface area contributed by atoms with Gasteiger partial charge in [-0.2, -0.15) is 0 Å². The number of para-hydroxylation sites is 2. The van der Waals surface area contributed by atoms with E-state index in [1.807, 2.05) is 41.1 Å². The van der Waals surface area contributed by atoms with Crippen LogP contribution < -0.4 is 10.1 Å². The number of rotatable bonds is 6. The minimum absolute atomic E-state index is 0.0797. The van der Waals surface area contributed by atoms with E-state index in [9.17, 15) is 9.18 Å². The highest BCUT2D eigenvalue weighted by Gasteiger charge is 2.18. The summed E-state index contributed by atoms with van der Waals surface area (Å²) in [6, 6.07) is 11.9. The Kier molecular flexibility index (Phi) is 5.26. The zero-order valence-electron chi connectivity index (χ0n) is 15.9. The monoisotopic (exact) mass is 410 g/mol. The summed E-state index contributed by atoms with van der Waals surface area (Å²) in [4.78, 5) is 21.7. The summed E-state index contributed by atoms with van der Waals surface area (Å²) in [5.41, 5.74) is 4.78. The fourth-order valence-electron chi connectivity index (χ4n) is 3.22. The standard InChI is InChI=1S/C21H19FN4O2S/c1-13(14-7-8-19(28-2)15(22)9-14)24-20(27)10-26-18-6-4-3-5-16(18)25-21(26)17-11-29-12-23-17/h3-9,11-13H,10H2,1-2H3,(H,24,27)/t13-/m0/s1. The Bertz CT molecular complexity index is 1160. The Hall–Kier alpha value is -3.26. The van der Waals surface area contributed by atoms with E-state index >= 15 is 0 Å². The minimum Gasteiger partial charge on any atom is -0.494 e. The van der Waals surface area contributed by atoms with Gasteiger partial charge in [-0.05, 0) is 36.8 Å². The lowest BCUT2D eigenvalue weighted by Crippen LogP contribution is -2.30. The zero-order valence-corrected chi connectivity index (χ0v) is 16.7. The summed E-state index contributed by atoms with van der Waals surface area (Å²) < 4.78 is 20.8. The Morgan fingerprint density at radius 3 is 2.86 bits per heavy atom. The summed E-state index contributed by atoms with van der Waals surface area (Å²) in [7, 11) is 1.42. The molecule has 2 heterocycles. The van der Waals surface area contributed by atoms with Crippen molar-refractivity contribution in [3.8, 4) is 17.3 Å². The average Bonchev–Trinajstić information content (AvgIpc) is 3.36. The lowest BCUT2D eigenvalue weighted by molar-refractivity contribution is -0.122. The smallest absolute Gasteiger partial charge is 0.240 e. The largest absolute Gasteiger partial charge is 0.494 e. The number of halogens is 1. The van der Waals surface area contributed by atoms with Gasteiger partial charge in [0.25, 0.3) is 0 Å². The predicted molar refractivity (Wildman–Crippen MR) is 110 cm³/mol. The third kappa shape index (κ3) is 3.84. The van der Waals surface area contributed by atoms with Crippen molar-refractivity contribution in [3.05, 3.63) is 64.7 Å². The van der Waals surface area contributed by atoms with Gasteiger partial charge in [-0.25, -0.2) is 14.4 Å². The van der Waals surface area contributed by atoms with Gasteiger partial charge in [0.2, 0.25) is 5.91 Å². The third-order valence-corrected chi connectivity index (χ3v) is 5.26. The number of aromatic nitrogens is 3. The summed E-state index contributed by atoms with van der Waals surface area (Å²) >= 11 is 1.47. The Morgan fingerprint density at radius 2 is 2.14 bits per heavy atom. The van der Waals surface area contributed by atoms with E-state index in [0.29, 0.717) is 11.4 Å². The first-order chi connectivity index (χ1) is 14.1. The van der Waals surface area contributed by atoms with Crippen LogP contribution in [0.15, 0.2) is 53.4 Å². The number of carbonyl (C=O) groups excluding carboxylic acids is 1. The summed E-state index contributed by atoms with van der Waals surface area (Å²) in [5, 5.41) is 4.82. The number of amides is 1. The van der Waals surface area contributed by atoms with Crippen molar-refractivity contribution in [2.75, 3.05) is 7.11 Å². The molecule has 0 aliphatic rings. The number of hydrogen-bond donors (Lipinski definition) is 1. The highest BCUT2D eigenvalue weighted by Crippen LogP contribution is 2.25. The molecule has 6 nitrogen and oxygen atoms in total. The molecule has 0 spiro atoms. The molecule has 0 saturated heterocycles. The van der Waals surface area contributed by atoms with Gasteiger partial charge in [-0.3, -0.25) is 4.79 Å². The summed E-state index contributed by atoms with van der Waals surface area (Å²) in [5.74, 6) is 0.154. The highest BCUT2D eigenvalue weighted by molar-refractivity contribution is 7.07. The molecule has 1 amide bonds. The van der Waals surface area contributed by atoms with Crippen molar-refractivity contribution in [1.29, 1.82) is 0 Å². The first-order valence-corrected chi connectivity index (χ1v) is 9.97. The van der Waals surface area contributed by atoms with Crippen molar-refractivity contribution in [2.45, 2.75) is 19.5 Å². The van der Waals surface area contributed by atoms with Gasteiger partial charge in [0.05, 0.1) is 29.7 Å². The Labute approximate surface area is 171 Å². The van der Waals surface area contributed by atoms with E-state index in [0.717, 1.165) is 16.7 Å². The van der Waals surface area contributed by atoms with Crippen LogP contribution >= 0.6 is 11.3 Å². The van der Waals surface area contributed by atoms with E-state index < -0.39 is 5.82 Å². The van der Waals surface area contributed by atoms with E-state index in [2.05, 4.69) is 15.3 Å². The van der Waals surface area contributed by atoms with Gasteiger partial charge in [0.1, 0.15) is 12.2 Å². The molecule has 4 rings (SSSR count). The van der Waals surface area contributed by atoms with Gasteiger partial charge in [-0.1, -0.05) is 18.2 Å². The lowest BCUT2D eigenvalue weighted by atomic mass is 10.1. The van der Waals surface area contributed by atoms with Crippen LogP contribution in [-0.4, -0.2) is 27.6 Å². The second-order valence-electron chi connectivity index (χ2n) is 6.57. The molecule has 0 aliphatic heterocycles. The maximum Gasteiger partial charge on any atom is 0.240 e. The number of hydrogen-bond acceptors (Lipinski definition) is 5. The van der Waals surface area contributed by atoms with Crippen LogP contribution in [0.1, 0.15) is 18.5 Å². The van der Waals surface area contributed by atoms with Crippen LogP contribution in [0.25, 0.3) is 22.6 Å². The Balaban J connectivity index is 1.58. The average molecular weight is 410 g/mol. The van der Waals surface area contributed by atoms with Gasteiger partial charge >= 0.3 is 0 Å². The molecule has 0 fully saturated rings. The molecule has 1 N–H and O–H groups in total. The molecule has 29 heavy (non-hydrogen) atoms. The van der Waals surface area contributed by atoms with Crippen LogP contribution in [0.2, 0.25) is 0 Å². The molecule has 2 aromatic carbocycles. The van der Waals surface area contributed by atoms with E-state index in [1.54, 1.807) is 17.6 Å². The lowest BCUT2D eigenvalue weighted by Gasteiger charge is -2.16. The Morgan fingerprint density at radius 1 is 1.31 bits per heavy atom. The normalized spacial score (nSPS) is 12.1. The molecule has 148 valence electrons. The quantitative estimate of drug-likeness (QED) is 0.518. The number of imidazole rings is 1. The molecule has 2 aromatic heterocycles. The van der Waals surface area contributed by atoms with E-state index in [1.165, 1.54) is 24.5 Å². The number of nitrogens with zero attached hydrogens (tertiary/aromatic N) is 3. The molecule has 1 atom stereocenters. The number of thiazole rings is 1. The first-order valence-electron chi connectivity index (χ1n) is 9.03. The maximum atomic E-state index is 14.0. The van der Waals surface area contributed by atoms with Crippen LogP contribution in [0, 0.1) is 5.82 Å². The van der Waals surface area contributed by atoms with Gasteiger partial charge in [-0.15, -0.1) is 11.3 Å². The summed E-state index contributed by atoms with van der Waals surface area (Å²) in [6.07, 6.45) is 0. The van der Waals surface area contributed by atoms with Gasteiger partial charge in [0.15, 0.2) is 17.4 Å². The van der Waals surface area contributed by atoms with Crippen LogP contribution in [-0.2, 0) is 11.3 Å². The minimum atomic E-state index is -0.461. The van der Waals surface area contributed by atoms with Gasteiger partial charge in [0, 0.05) is 5.38 Å². The van der Waals surface area contributed by atoms with Crippen molar-refractivity contribution < 1.29 is 13.9 Å². The highest BCUT2D eigenvalue weighted by atomic mass is 32.1. The van der Waals surface area contributed by atoms with E-state index in [4.69, 9.17) is 4.74 Å². The predicted octanol–water partition coefficient (Wildman–Crippen LogP) is 4.18. The van der Waals surface area contributed by atoms with Crippen LogP contribution in [0.4, 0.5) is 4.39 Å². The topological polar surface area (TPSA) is 69.0 Å².